The molecule has 1 aromatic heterocycles. The molecule has 1 fully saturated rings. The van der Waals surface area contributed by atoms with Crippen LogP contribution < -0.4 is 0 Å². The highest BCUT2D eigenvalue weighted by Crippen LogP contribution is 2.13. The van der Waals surface area contributed by atoms with Gasteiger partial charge in [0.05, 0.1) is 13.2 Å². The van der Waals surface area contributed by atoms with E-state index in [9.17, 15) is 9.59 Å². The Bertz CT molecular complexity index is 580. The first-order valence-electron chi connectivity index (χ1n) is 8.00. The highest BCUT2D eigenvalue weighted by Gasteiger charge is 2.25. The SMILES string of the molecule is C.C=CC(=O)OC(CC)COCc1ccc(COCC2COC(=O)O2)o1. The van der Waals surface area contributed by atoms with Gasteiger partial charge in [-0.05, 0) is 18.6 Å². The van der Waals surface area contributed by atoms with Crippen LogP contribution in [0.4, 0.5) is 4.79 Å². The number of ether oxygens (including phenoxy) is 5. The fourth-order valence-electron chi connectivity index (χ4n) is 2.05. The van der Waals surface area contributed by atoms with Gasteiger partial charge in [-0.2, -0.15) is 0 Å². The number of carbonyl (C=O) groups excluding carboxylic acids is 2. The third-order valence-electron chi connectivity index (χ3n) is 3.37. The molecule has 0 spiro atoms. The van der Waals surface area contributed by atoms with Crippen molar-refractivity contribution in [1.29, 1.82) is 0 Å². The van der Waals surface area contributed by atoms with Gasteiger partial charge in [0.2, 0.25) is 0 Å². The molecule has 26 heavy (non-hydrogen) atoms. The lowest BCUT2D eigenvalue weighted by atomic mass is 10.3. The standard InChI is InChI=1S/C17H22O8.CH4/c1-3-12(24-16(18)4-2)7-20-8-13-5-6-14(23-13)9-21-10-15-11-22-17(19)25-15;/h4-6,12,15H,2-3,7-11H2,1H3;1H4. The van der Waals surface area contributed by atoms with Crippen LogP contribution >= 0.6 is 0 Å². The van der Waals surface area contributed by atoms with Gasteiger partial charge in [0, 0.05) is 6.08 Å². The number of cyclic esters (lactones) is 2. The summed E-state index contributed by atoms with van der Waals surface area (Å²) in [5.41, 5.74) is 0. The maximum Gasteiger partial charge on any atom is 0.508 e. The molecule has 0 N–H and O–H groups in total. The number of esters is 1. The summed E-state index contributed by atoms with van der Waals surface area (Å²) in [6, 6.07) is 3.57. The Kier molecular flexibility index (Phi) is 9.46. The van der Waals surface area contributed by atoms with Crippen molar-refractivity contribution >= 4 is 12.1 Å². The highest BCUT2D eigenvalue weighted by molar-refractivity contribution is 5.81. The number of hydrogen-bond donors (Lipinski definition) is 0. The molecule has 0 saturated carbocycles. The number of carbonyl (C=O) groups is 2. The minimum absolute atomic E-state index is 0. The van der Waals surface area contributed by atoms with Gasteiger partial charge < -0.3 is 28.1 Å². The molecule has 8 nitrogen and oxygen atoms in total. The van der Waals surface area contributed by atoms with Crippen LogP contribution in [-0.2, 0) is 41.7 Å². The van der Waals surface area contributed by atoms with E-state index in [2.05, 4.69) is 11.3 Å². The van der Waals surface area contributed by atoms with Gasteiger partial charge in [-0.25, -0.2) is 9.59 Å². The van der Waals surface area contributed by atoms with E-state index >= 15 is 0 Å². The average Bonchev–Trinajstić information content (AvgIpc) is 3.23. The van der Waals surface area contributed by atoms with Gasteiger partial charge in [0.25, 0.3) is 0 Å². The molecule has 1 aromatic rings. The average molecular weight is 370 g/mol. The van der Waals surface area contributed by atoms with Gasteiger partial charge in [0.15, 0.2) is 6.10 Å². The normalized spacial score (nSPS) is 17.0. The smallest absolute Gasteiger partial charge is 0.461 e. The van der Waals surface area contributed by atoms with E-state index in [1.807, 2.05) is 6.92 Å². The minimum Gasteiger partial charge on any atom is -0.461 e. The molecule has 0 bridgehead atoms. The van der Waals surface area contributed by atoms with Crippen LogP contribution in [0.3, 0.4) is 0 Å². The Hall–Kier alpha value is -2.32. The molecule has 2 heterocycles. The zero-order valence-electron chi connectivity index (χ0n) is 14.1. The lowest BCUT2D eigenvalue weighted by Crippen LogP contribution is -2.21. The van der Waals surface area contributed by atoms with E-state index in [4.69, 9.17) is 23.4 Å². The molecule has 1 saturated heterocycles. The molecule has 0 aromatic carbocycles. The summed E-state index contributed by atoms with van der Waals surface area (Å²) in [4.78, 5) is 21.9. The summed E-state index contributed by atoms with van der Waals surface area (Å²) in [5, 5.41) is 0. The molecule has 2 atom stereocenters. The van der Waals surface area contributed by atoms with E-state index in [0.29, 0.717) is 17.9 Å². The molecule has 1 aliphatic heterocycles. The van der Waals surface area contributed by atoms with Gasteiger partial charge in [-0.1, -0.05) is 20.9 Å². The van der Waals surface area contributed by atoms with Crippen molar-refractivity contribution < 1.29 is 37.7 Å². The van der Waals surface area contributed by atoms with Crippen molar-refractivity contribution in [1.82, 2.24) is 0 Å². The summed E-state index contributed by atoms with van der Waals surface area (Å²) in [6.45, 7) is 6.49. The molecule has 146 valence electrons. The fraction of sp³-hybridized carbons (Fsp3) is 0.556. The highest BCUT2D eigenvalue weighted by atomic mass is 16.8. The first-order chi connectivity index (χ1) is 12.1. The first kappa shape index (κ1) is 21.7. The molecule has 0 radical (unpaired) electrons. The summed E-state index contributed by atoms with van der Waals surface area (Å²) in [7, 11) is 0. The van der Waals surface area contributed by atoms with Crippen molar-refractivity contribution in [3.63, 3.8) is 0 Å². The molecule has 2 rings (SSSR count). The fourth-order valence-corrected chi connectivity index (χ4v) is 2.05. The van der Waals surface area contributed by atoms with Crippen LogP contribution in [0.5, 0.6) is 0 Å². The molecular weight excluding hydrogens is 344 g/mol. The molecule has 8 heteroatoms. The van der Waals surface area contributed by atoms with Crippen molar-refractivity contribution in [2.75, 3.05) is 19.8 Å². The van der Waals surface area contributed by atoms with Crippen LogP contribution in [0.1, 0.15) is 32.3 Å². The van der Waals surface area contributed by atoms with Crippen molar-refractivity contribution in [2.45, 2.75) is 46.2 Å². The van der Waals surface area contributed by atoms with Gasteiger partial charge >= 0.3 is 12.1 Å². The Labute approximate surface area is 153 Å². The van der Waals surface area contributed by atoms with Crippen LogP contribution in [0.2, 0.25) is 0 Å². The molecule has 1 aliphatic rings. The number of hydrogen-bond acceptors (Lipinski definition) is 8. The Morgan fingerprint density at radius 1 is 1.35 bits per heavy atom. The predicted molar refractivity (Wildman–Crippen MR) is 91.3 cm³/mol. The Balaban J connectivity index is 0.00000338. The van der Waals surface area contributed by atoms with Gasteiger partial charge in [-0.3, -0.25) is 0 Å². The maximum atomic E-state index is 11.2. The monoisotopic (exact) mass is 370 g/mol. The minimum atomic E-state index is -0.671. The third-order valence-corrected chi connectivity index (χ3v) is 3.37. The van der Waals surface area contributed by atoms with E-state index in [0.717, 1.165) is 6.08 Å². The summed E-state index contributed by atoms with van der Waals surface area (Å²) >= 11 is 0. The second-order valence-corrected chi connectivity index (χ2v) is 5.37. The zero-order chi connectivity index (χ0) is 18.1. The Morgan fingerprint density at radius 2 is 2.04 bits per heavy atom. The quantitative estimate of drug-likeness (QED) is 0.433. The maximum absolute atomic E-state index is 11.2. The van der Waals surface area contributed by atoms with Crippen molar-refractivity contribution in [3.8, 4) is 0 Å². The first-order valence-corrected chi connectivity index (χ1v) is 8.00. The zero-order valence-corrected chi connectivity index (χ0v) is 14.1. The van der Waals surface area contributed by atoms with Crippen LogP contribution in [0.15, 0.2) is 29.2 Å². The lowest BCUT2D eigenvalue weighted by Gasteiger charge is -2.14. The number of furan rings is 1. The summed E-state index contributed by atoms with van der Waals surface area (Å²) in [6.07, 6.45) is 0.399. The topological polar surface area (TPSA) is 93.4 Å². The summed E-state index contributed by atoms with van der Waals surface area (Å²) < 4.78 is 31.1. The van der Waals surface area contributed by atoms with Gasteiger partial charge in [-0.15, -0.1) is 0 Å². The number of rotatable bonds is 11. The molecule has 0 amide bonds. The molecular formula is C18H26O8. The lowest BCUT2D eigenvalue weighted by molar-refractivity contribution is -0.146. The molecule has 0 aliphatic carbocycles. The van der Waals surface area contributed by atoms with E-state index in [1.54, 1.807) is 12.1 Å². The summed E-state index contributed by atoms with van der Waals surface area (Å²) in [5.74, 6) is 0.805. The predicted octanol–water partition coefficient (Wildman–Crippen LogP) is 2.99. The van der Waals surface area contributed by atoms with E-state index in [-0.39, 0.29) is 52.7 Å². The van der Waals surface area contributed by atoms with E-state index in [1.165, 1.54) is 0 Å². The second kappa shape index (κ2) is 11.3. The largest absolute Gasteiger partial charge is 0.508 e. The second-order valence-electron chi connectivity index (χ2n) is 5.37. The Morgan fingerprint density at radius 3 is 2.62 bits per heavy atom. The third kappa shape index (κ3) is 7.28. The van der Waals surface area contributed by atoms with Crippen LogP contribution in [0.25, 0.3) is 0 Å². The van der Waals surface area contributed by atoms with Crippen molar-refractivity contribution in [2.24, 2.45) is 0 Å². The van der Waals surface area contributed by atoms with Crippen molar-refractivity contribution in [3.05, 3.63) is 36.3 Å². The molecule has 2 unspecified atom stereocenters. The van der Waals surface area contributed by atoms with Crippen LogP contribution in [0, 0.1) is 0 Å². The van der Waals surface area contributed by atoms with E-state index < -0.39 is 12.1 Å². The van der Waals surface area contributed by atoms with Gasteiger partial charge in [0.1, 0.15) is 37.4 Å². The van der Waals surface area contributed by atoms with Crippen LogP contribution in [-0.4, -0.2) is 44.2 Å².